The van der Waals surface area contributed by atoms with E-state index >= 15 is 0 Å². The van der Waals surface area contributed by atoms with Gasteiger partial charge in [-0.25, -0.2) is 4.79 Å². The standard InChI is InChI=1S/C16H22ClNO4/c1-15(2)11(8-9-17)13(20)18-16(15,14(21)22)12(19)10-6-4-3-5-7-10/h4,6,10-11H,3,5,7-9H2,1-2H3,(H,18,20)(H,21,22)/t10-,11+,16+/m1/s1. The number of Topliss-reactive ketones (excluding diaryl/α,β-unsaturated/α-hetero) is 1. The molecular weight excluding hydrogens is 306 g/mol. The number of ketones is 1. The molecule has 0 aromatic heterocycles. The number of halogens is 1. The molecule has 6 heteroatoms. The number of alkyl halides is 1. The molecule has 0 aromatic carbocycles. The van der Waals surface area contributed by atoms with E-state index < -0.39 is 40.4 Å². The fraction of sp³-hybridized carbons (Fsp3) is 0.688. The van der Waals surface area contributed by atoms with E-state index in [9.17, 15) is 19.5 Å². The molecule has 3 atom stereocenters. The maximum atomic E-state index is 13.0. The molecule has 122 valence electrons. The number of carboxylic acid groups (broad SMARTS) is 1. The summed E-state index contributed by atoms with van der Waals surface area (Å²) < 4.78 is 0. The van der Waals surface area contributed by atoms with Crippen LogP contribution in [0.25, 0.3) is 0 Å². The summed E-state index contributed by atoms with van der Waals surface area (Å²) in [6.45, 7) is 3.33. The molecule has 0 bridgehead atoms. The number of hydrogen-bond acceptors (Lipinski definition) is 3. The summed E-state index contributed by atoms with van der Waals surface area (Å²) in [6.07, 6.45) is 6.39. The third kappa shape index (κ3) is 2.35. The lowest BCUT2D eigenvalue weighted by atomic mass is 9.63. The monoisotopic (exact) mass is 327 g/mol. The summed E-state index contributed by atoms with van der Waals surface area (Å²) >= 11 is 5.75. The topological polar surface area (TPSA) is 83.5 Å². The highest BCUT2D eigenvalue weighted by Crippen LogP contribution is 2.48. The number of nitrogens with one attached hydrogen (secondary N) is 1. The molecular formula is C16H22ClNO4. The van der Waals surface area contributed by atoms with E-state index in [1.54, 1.807) is 19.9 Å². The number of rotatable bonds is 5. The first-order valence-corrected chi connectivity index (χ1v) is 8.15. The van der Waals surface area contributed by atoms with Gasteiger partial charge in [-0.3, -0.25) is 9.59 Å². The first-order chi connectivity index (χ1) is 10.3. The molecule has 2 aliphatic rings. The van der Waals surface area contributed by atoms with Gasteiger partial charge in [0, 0.05) is 23.1 Å². The van der Waals surface area contributed by atoms with Crippen LogP contribution in [0.15, 0.2) is 12.2 Å². The van der Waals surface area contributed by atoms with Crippen LogP contribution in [0.4, 0.5) is 0 Å². The maximum absolute atomic E-state index is 13.0. The Morgan fingerprint density at radius 3 is 2.64 bits per heavy atom. The van der Waals surface area contributed by atoms with E-state index in [0.717, 1.165) is 12.8 Å². The van der Waals surface area contributed by atoms with Gasteiger partial charge in [-0.15, -0.1) is 11.6 Å². The SMILES string of the molecule is CC1(C)[C@@H](CCCl)C(=O)N[C@]1(C(=O)O)C(=O)[C@@H]1C=CCCC1. The number of carbonyl (C=O) groups is 3. The molecule has 1 heterocycles. The second-order valence-corrected chi connectivity index (χ2v) is 7.00. The Kier molecular flexibility index (Phi) is 4.66. The summed E-state index contributed by atoms with van der Waals surface area (Å²) in [4.78, 5) is 37.3. The highest BCUT2D eigenvalue weighted by molar-refractivity contribution is 6.18. The summed E-state index contributed by atoms with van der Waals surface area (Å²) in [5.74, 6) is -2.91. The highest BCUT2D eigenvalue weighted by atomic mass is 35.5. The number of hydrogen-bond donors (Lipinski definition) is 2. The molecule has 22 heavy (non-hydrogen) atoms. The summed E-state index contributed by atoms with van der Waals surface area (Å²) in [7, 11) is 0. The first kappa shape index (κ1) is 17.0. The van der Waals surface area contributed by atoms with E-state index in [2.05, 4.69) is 5.32 Å². The smallest absolute Gasteiger partial charge is 0.337 e. The van der Waals surface area contributed by atoms with Crippen LogP contribution in [-0.4, -0.2) is 34.2 Å². The van der Waals surface area contributed by atoms with Gasteiger partial charge in [0.15, 0.2) is 5.78 Å². The number of carboxylic acids is 1. The fourth-order valence-electron chi connectivity index (χ4n) is 3.75. The predicted molar refractivity (Wildman–Crippen MR) is 82.6 cm³/mol. The zero-order valence-corrected chi connectivity index (χ0v) is 13.7. The van der Waals surface area contributed by atoms with Crippen LogP contribution in [0.2, 0.25) is 0 Å². The van der Waals surface area contributed by atoms with Gasteiger partial charge in [-0.1, -0.05) is 26.0 Å². The Balaban J connectivity index is 2.46. The minimum absolute atomic E-state index is 0.245. The molecule has 1 amide bonds. The van der Waals surface area contributed by atoms with Crippen LogP contribution in [0.5, 0.6) is 0 Å². The zero-order valence-electron chi connectivity index (χ0n) is 12.9. The average Bonchev–Trinajstić information content (AvgIpc) is 2.68. The van der Waals surface area contributed by atoms with Crippen LogP contribution < -0.4 is 5.32 Å². The summed E-state index contributed by atoms with van der Waals surface area (Å²) in [5, 5.41) is 12.3. The Morgan fingerprint density at radius 1 is 1.45 bits per heavy atom. The van der Waals surface area contributed by atoms with Gasteiger partial charge in [-0.2, -0.15) is 0 Å². The minimum atomic E-state index is -1.88. The third-order valence-electron chi connectivity index (χ3n) is 5.14. The van der Waals surface area contributed by atoms with Crippen LogP contribution in [-0.2, 0) is 14.4 Å². The molecule has 1 fully saturated rings. The molecule has 0 aromatic rings. The van der Waals surface area contributed by atoms with Crippen LogP contribution in [0, 0.1) is 17.3 Å². The normalized spacial score (nSPS) is 33.5. The molecule has 1 aliphatic carbocycles. The Hall–Kier alpha value is -1.36. The Labute approximate surface area is 135 Å². The van der Waals surface area contributed by atoms with Gasteiger partial charge in [0.1, 0.15) is 0 Å². The summed E-state index contributed by atoms with van der Waals surface area (Å²) in [5.41, 5.74) is -2.92. The van der Waals surface area contributed by atoms with Gasteiger partial charge < -0.3 is 10.4 Å². The molecule has 0 radical (unpaired) electrons. The second kappa shape index (κ2) is 6.03. The van der Waals surface area contributed by atoms with E-state index in [1.807, 2.05) is 6.08 Å². The van der Waals surface area contributed by atoms with Crippen molar-refractivity contribution in [1.29, 1.82) is 0 Å². The molecule has 5 nitrogen and oxygen atoms in total. The molecule has 1 aliphatic heterocycles. The number of carbonyl (C=O) groups excluding carboxylic acids is 2. The van der Waals surface area contributed by atoms with Crippen molar-refractivity contribution < 1.29 is 19.5 Å². The van der Waals surface area contributed by atoms with E-state index in [0.29, 0.717) is 12.8 Å². The lowest BCUT2D eigenvalue weighted by molar-refractivity contribution is -0.156. The van der Waals surface area contributed by atoms with Crippen molar-refractivity contribution in [2.75, 3.05) is 5.88 Å². The van der Waals surface area contributed by atoms with Crippen molar-refractivity contribution in [3.63, 3.8) is 0 Å². The molecule has 0 saturated carbocycles. The Bertz CT molecular complexity index is 528. The van der Waals surface area contributed by atoms with Crippen LogP contribution in [0.3, 0.4) is 0 Å². The Morgan fingerprint density at radius 2 is 2.14 bits per heavy atom. The molecule has 1 saturated heterocycles. The largest absolute Gasteiger partial charge is 0.479 e. The van der Waals surface area contributed by atoms with Crippen LogP contribution in [0.1, 0.15) is 39.5 Å². The maximum Gasteiger partial charge on any atom is 0.337 e. The predicted octanol–water partition coefficient (Wildman–Crippen LogP) is 2.14. The molecule has 0 unspecified atom stereocenters. The van der Waals surface area contributed by atoms with E-state index in [-0.39, 0.29) is 5.88 Å². The van der Waals surface area contributed by atoms with Crippen molar-refractivity contribution in [3.8, 4) is 0 Å². The van der Waals surface area contributed by atoms with Crippen molar-refractivity contribution in [2.24, 2.45) is 17.3 Å². The second-order valence-electron chi connectivity index (χ2n) is 6.63. The van der Waals surface area contributed by atoms with Crippen molar-refractivity contribution in [3.05, 3.63) is 12.2 Å². The van der Waals surface area contributed by atoms with Crippen molar-refractivity contribution >= 4 is 29.3 Å². The zero-order chi connectivity index (χ0) is 16.5. The molecule has 0 spiro atoms. The molecule has 2 rings (SSSR count). The van der Waals surface area contributed by atoms with E-state index in [4.69, 9.17) is 11.6 Å². The van der Waals surface area contributed by atoms with Gasteiger partial charge >= 0.3 is 5.97 Å². The quantitative estimate of drug-likeness (QED) is 0.460. The van der Waals surface area contributed by atoms with Gasteiger partial charge in [-0.05, 0) is 25.7 Å². The number of amides is 1. The highest BCUT2D eigenvalue weighted by Gasteiger charge is 2.67. The first-order valence-electron chi connectivity index (χ1n) is 7.61. The van der Waals surface area contributed by atoms with Crippen LogP contribution >= 0.6 is 11.6 Å². The minimum Gasteiger partial charge on any atom is -0.479 e. The number of aliphatic carboxylic acids is 1. The van der Waals surface area contributed by atoms with Gasteiger partial charge in [0.05, 0.1) is 0 Å². The molecule has 2 N–H and O–H groups in total. The van der Waals surface area contributed by atoms with Crippen molar-refractivity contribution in [1.82, 2.24) is 5.32 Å². The lowest BCUT2D eigenvalue weighted by Crippen LogP contribution is -2.64. The van der Waals surface area contributed by atoms with Crippen molar-refractivity contribution in [2.45, 2.75) is 45.1 Å². The number of allylic oxidation sites excluding steroid dienone is 2. The average molecular weight is 328 g/mol. The third-order valence-corrected chi connectivity index (χ3v) is 5.36. The van der Waals surface area contributed by atoms with Gasteiger partial charge in [0.25, 0.3) is 0 Å². The fourth-order valence-corrected chi connectivity index (χ4v) is 3.96. The van der Waals surface area contributed by atoms with Gasteiger partial charge in [0.2, 0.25) is 11.4 Å². The van der Waals surface area contributed by atoms with E-state index in [1.165, 1.54) is 0 Å². The lowest BCUT2D eigenvalue weighted by Gasteiger charge is -2.39. The summed E-state index contributed by atoms with van der Waals surface area (Å²) in [6, 6.07) is 0.